The zero-order valence-electron chi connectivity index (χ0n) is 5.96. The molecule has 0 fully saturated rings. The van der Waals surface area contributed by atoms with Crippen molar-refractivity contribution in [1.82, 2.24) is 0 Å². The molecule has 6 heteroatoms. The number of anilines is 1. The van der Waals surface area contributed by atoms with E-state index >= 15 is 0 Å². The summed E-state index contributed by atoms with van der Waals surface area (Å²) in [5, 5.41) is 17.9. The predicted molar refractivity (Wildman–Crippen MR) is 50.7 cm³/mol. The van der Waals surface area contributed by atoms with Crippen LogP contribution in [0.2, 0.25) is 10.0 Å². The zero-order chi connectivity index (χ0) is 9.30. The molecule has 1 aromatic carbocycles. The van der Waals surface area contributed by atoms with Crippen molar-refractivity contribution in [3.05, 3.63) is 22.2 Å². The van der Waals surface area contributed by atoms with Gasteiger partial charge in [0.2, 0.25) is 0 Å². The molecule has 0 unspecified atom stereocenters. The van der Waals surface area contributed by atoms with Crippen LogP contribution in [0.5, 0.6) is 0 Å². The van der Waals surface area contributed by atoms with Gasteiger partial charge in [0.25, 0.3) is 0 Å². The van der Waals surface area contributed by atoms with E-state index in [-0.39, 0.29) is 21.2 Å². The lowest BCUT2D eigenvalue weighted by Gasteiger charge is -2.07. The lowest BCUT2D eigenvalue weighted by Crippen LogP contribution is -2.32. The lowest BCUT2D eigenvalue weighted by molar-refractivity contribution is 0.426. The van der Waals surface area contributed by atoms with Gasteiger partial charge < -0.3 is 15.8 Å². The molecule has 0 saturated heterocycles. The number of hydrogen-bond donors (Lipinski definition) is 3. The molecule has 0 radical (unpaired) electrons. The van der Waals surface area contributed by atoms with Crippen LogP contribution in [0.25, 0.3) is 0 Å². The third-order valence-corrected chi connectivity index (χ3v) is 2.17. The first-order valence-corrected chi connectivity index (χ1v) is 3.89. The Hall–Kier alpha value is -0.415. The van der Waals surface area contributed by atoms with E-state index in [4.69, 9.17) is 39.0 Å². The van der Waals surface area contributed by atoms with Crippen molar-refractivity contribution >= 4 is 41.5 Å². The molecule has 0 aromatic heterocycles. The van der Waals surface area contributed by atoms with Crippen LogP contribution in [0.15, 0.2) is 12.1 Å². The van der Waals surface area contributed by atoms with Crippen molar-refractivity contribution < 1.29 is 10.0 Å². The van der Waals surface area contributed by atoms with Gasteiger partial charge in [-0.3, -0.25) is 0 Å². The first-order chi connectivity index (χ1) is 5.54. The van der Waals surface area contributed by atoms with Gasteiger partial charge in [-0.25, -0.2) is 0 Å². The molecule has 1 aromatic rings. The lowest BCUT2D eigenvalue weighted by atomic mass is 9.80. The van der Waals surface area contributed by atoms with Gasteiger partial charge >= 0.3 is 7.12 Å². The Bertz CT molecular complexity index is 306. The molecule has 0 amide bonds. The summed E-state index contributed by atoms with van der Waals surface area (Å²) in [6.07, 6.45) is 0. The minimum absolute atomic E-state index is 0.0401. The summed E-state index contributed by atoms with van der Waals surface area (Å²) in [6, 6.07) is 2.95. The SMILES string of the molecule is Nc1ccc(Cl)c(B(O)O)c1Cl. The van der Waals surface area contributed by atoms with E-state index in [1.165, 1.54) is 12.1 Å². The van der Waals surface area contributed by atoms with Gasteiger partial charge in [-0.2, -0.15) is 0 Å². The Morgan fingerprint density at radius 3 is 2.25 bits per heavy atom. The summed E-state index contributed by atoms with van der Waals surface area (Å²) >= 11 is 11.3. The first kappa shape index (κ1) is 9.67. The zero-order valence-corrected chi connectivity index (χ0v) is 7.47. The van der Waals surface area contributed by atoms with Gasteiger partial charge in [0, 0.05) is 10.5 Å². The molecule has 1 rings (SSSR count). The summed E-state index contributed by atoms with van der Waals surface area (Å²) in [5.74, 6) is 0. The second-order valence-electron chi connectivity index (χ2n) is 2.24. The summed E-state index contributed by atoms with van der Waals surface area (Å²) in [6.45, 7) is 0. The van der Waals surface area contributed by atoms with E-state index < -0.39 is 7.12 Å². The van der Waals surface area contributed by atoms with Crippen molar-refractivity contribution in [2.24, 2.45) is 0 Å². The molecule has 12 heavy (non-hydrogen) atoms. The van der Waals surface area contributed by atoms with Crippen LogP contribution in [0.4, 0.5) is 5.69 Å². The van der Waals surface area contributed by atoms with Crippen LogP contribution in [-0.2, 0) is 0 Å². The smallest absolute Gasteiger partial charge is 0.423 e. The third kappa shape index (κ3) is 1.67. The Morgan fingerprint density at radius 2 is 1.83 bits per heavy atom. The highest BCUT2D eigenvalue weighted by atomic mass is 35.5. The van der Waals surface area contributed by atoms with Crippen LogP contribution >= 0.6 is 23.2 Å². The first-order valence-electron chi connectivity index (χ1n) is 3.13. The molecule has 0 atom stereocenters. The number of nitrogen functional groups attached to an aromatic ring is 1. The summed E-state index contributed by atoms with van der Waals surface area (Å²) in [7, 11) is -1.70. The normalized spacial score (nSPS) is 10.0. The molecule has 0 aliphatic carbocycles. The number of hydrogen-bond acceptors (Lipinski definition) is 3. The molecular weight excluding hydrogens is 200 g/mol. The maximum Gasteiger partial charge on any atom is 0.491 e. The molecular formula is C6H6BCl2NO2. The van der Waals surface area contributed by atoms with Gasteiger partial charge in [-0.15, -0.1) is 0 Å². The molecule has 0 bridgehead atoms. The Labute approximate surface area is 79.9 Å². The average Bonchev–Trinajstić information content (AvgIpc) is 1.97. The van der Waals surface area contributed by atoms with Gasteiger partial charge in [0.05, 0.1) is 10.7 Å². The van der Waals surface area contributed by atoms with Crippen molar-refractivity contribution in [2.45, 2.75) is 0 Å². The van der Waals surface area contributed by atoms with E-state index in [0.29, 0.717) is 0 Å². The highest BCUT2D eigenvalue weighted by Gasteiger charge is 2.20. The van der Waals surface area contributed by atoms with Crippen molar-refractivity contribution in [1.29, 1.82) is 0 Å². The molecule has 64 valence electrons. The monoisotopic (exact) mass is 205 g/mol. The molecule has 0 spiro atoms. The fraction of sp³-hybridized carbons (Fsp3) is 0. The van der Waals surface area contributed by atoms with E-state index in [1.54, 1.807) is 0 Å². The Morgan fingerprint density at radius 1 is 1.25 bits per heavy atom. The predicted octanol–water partition coefficient (Wildman–Crippen LogP) is 0.255. The number of rotatable bonds is 1. The minimum Gasteiger partial charge on any atom is -0.423 e. The second kappa shape index (κ2) is 3.54. The molecule has 3 nitrogen and oxygen atoms in total. The van der Waals surface area contributed by atoms with Gasteiger partial charge in [-0.05, 0) is 12.1 Å². The van der Waals surface area contributed by atoms with Gasteiger partial charge in [0.1, 0.15) is 0 Å². The number of nitrogens with two attached hydrogens (primary N) is 1. The largest absolute Gasteiger partial charge is 0.491 e. The van der Waals surface area contributed by atoms with Gasteiger partial charge in [0.15, 0.2) is 0 Å². The van der Waals surface area contributed by atoms with E-state index in [0.717, 1.165) is 0 Å². The average molecular weight is 206 g/mol. The standard InChI is InChI=1S/C6H6BCl2NO2/c8-3-1-2-4(10)6(9)5(3)7(11)12/h1-2,11-12H,10H2. The van der Waals surface area contributed by atoms with Crippen molar-refractivity contribution in [3.8, 4) is 0 Å². The maximum absolute atomic E-state index is 8.84. The highest BCUT2D eigenvalue weighted by molar-refractivity contribution is 6.67. The van der Waals surface area contributed by atoms with Crippen molar-refractivity contribution in [2.75, 3.05) is 5.73 Å². The quantitative estimate of drug-likeness (QED) is 0.455. The van der Waals surface area contributed by atoms with E-state index in [2.05, 4.69) is 0 Å². The summed E-state index contributed by atoms with van der Waals surface area (Å²) < 4.78 is 0. The molecule has 4 N–H and O–H groups in total. The second-order valence-corrected chi connectivity index (χ2v) is 3.02. The molecule has 0 saturated carbocycles. The maximum atomic E-state index is 8.84. The van der Waals surface area contributed by atoms with Crippen LogP contribution in [-0.4, -0.2) is 17.2 Å². The van der Waals surface area contributed by atoms with Crippen LogP contribution in [0.3, 0.4) is 0 Å². The van der Waals surface area contributed by atoms with Crippen LogP contribution < -0.4 is 11.2 Å². The van der Waals surface area contributed by atoms with Crippen LogP contribution in [0.1, 0.15) is 0 Å². The topological polar surface area (TPSA) is 66.5 Å². The summed E-state index contributed by atoms with van der Waals surface area (Å²) in [5.41, 5.74) is 5.72. The fourth-order valence-corrected chi connectivity index (χ4v) is 1.39. The number of halogens is 2. The molecule has 0 heterocycles. The Balaban J connectivity index is 3.33. The highest BCUT2D eigenvalue weighted by Crippen LogP contribution is 2.20. The molecule has 0 aliphatic heterocycles. The van der Waals surface area contributed by atoms with E-state index in [9.17, 15) is 0 Å². The third-order valence-electron chi connectivity index (χ3n) is 1.41. The van der Waals surface area contributed by atoms with Crippen LogP contribution in [0, 0.1) is 0 Å². The van der Waals surface area contributed by atoms with Crippen molar-refractivity contribution in [3.63, 3.8) is 0 Å². The van der Waals surface area contributed by atoms with E-state index in [1.807, 2.05) is 0 Å². The number of benzene rings is 1. The van der Waals surface area contributed by atoms with Gasteiger partial charge in [-0.1, -0.05) is 23.2 Å². The fourth-order valence-electron chi connectivity index (χ4n) is 0.823. The Kier molecular flexibility index (Phi) is 2.85. The summed E-state index contributed by atoms with van der Waals surface area (Å²) in [4.78, 5) is 0. The minimum atomic E-state index is -1.70. The molecule has 0 aliphatic rings.